The number of thiophene rings is 1. The molecular formula is C17H21Cl2NS. The van der Waals surface area contributed by atoms with E-state index < -0.39 is 0 Å². The SMILES string of the molecule is CCCNCC(Cc1ccc(Cl)cc1)Cc1ccc(Cl)s1. The summed E-state index contributed by atoms with van der Waals surface area (Å²) in [5, 5.41) is 4.34. The number of rotatable bonds is 8. The molecule has 0 amide bonds. The third-order valence-electron chi connectivity index (χ3n) is 3.42. The Morgan fingerprint density at radius 1 is 1.05 bits per heavy atom. The van der Waals surface area contributed by atoms with Crippen LogP contribution in [0.5, 0.6) is 0 Å². The van der Waals surface area contributed by atoms with Crippen molar-refractivity contribution < 1.29 is 0 Å². The topological polar surface area (TPSA) is 12.0 Å². The lowest BCUT2D eigenvalue weighted by Crippen LogP contribution is -2.26. The predicted octanol–water partition coefficient (Wildman–Crippen LogP) is 5.46. The van der Waals surface area contributed by atoms with E-state index in [2.05, 4.69) is 30.4 Å². The van der Waals surface area contributed by atoms with Crippen LogP contribution >= 0.6 is 34.5 Å². The van der Waals surface area contributed by atoms with Crippen LogP contribution in [0, 0.1) is 5.92 Å². The first kappa shape index (κ1) is 16.8. The van der Waals surface area contributed by atoms with Gasteiger partial charge in [-0.2, -0.15) is 0 Å². The van der Waals surface area contributed by atoms with E-state index in [9.17, 15) is 0 Å². The maximum atomic E-state index is 6.04. The smallest absolute Gasteiger partial charge is 0.0931 e. The summed E-state index contributed by atoms with van der Waals surface area (Å²) in [7, 11) is 0. The van der Waals surface area contributed by atoms with Gasteiger partial charge in [0.15, 0.2) is 0 Å². The fourth-order valence-electron chi connectivity index (χ4n) is 2.40. The highest BCUT2D eigenvalue weighted by atomic mass is 35.5. The molecule has 114 valence electrons. The van der Waals surface area contributed by atoms with E-state index in [-0.39, 0.29) is 0 Å². The van der Waals surface area contributed by atoms with Crippen LogP contribution in [0.15, 0.2) is 36.4 Å². The molecule has 0 saturated carbocycles. The van der Waals surface area contributed by atoms with E-state index in [4.69, 9.17) is 23.2 Å². The Morgan fingerprint density at radius 2 is 1.81 bits per heavy atom. The summed E-state index contributed by atoms with van der Waals surface area (Å²) in [5.74, 6) is 0.576. The molecule has 0 aliphatic heterocycles. The van der Waals surface area contributed by atoms with Crippen molar-refractivity contribution >= 4 is 34.5 Å². The van der Waals surface area contributed by atoms with Gasteiger partial charge in [-0.15, -0.1) is 11.3 Å². The Kier molecular flexibility index (Phi) is 7.05. The molecule has 0 aliphatic carbocycles. The van der Waals surface area contributed by atoms with Gasteiger partial charge in [0.25, 0.3) is 0 Å². The number of halogens is 2. The van der Waals surface area contributed by atoms with Crippen LogP contribution in [0.2, 0.25) is 9.36 Å². The molecule has 1 nitrogen and oxygen atoms in total. The molecule has 0 spiro atoms. The fourth-order valence-corrected chi connectivity index (χ4v) is 3.73. The van der Waals surface area contributed by atoms with E-state index in [1.54, 1.807) is 11.3 Å². The van der Waals surface area contributed by atoms with Gasteiger partial charge >= 0.3 is 0 Å². The van der Waals surface area contributed by atoms with Crippen molar-refractivity contribution in [2.75, 3.05) is 13.1 Å². The molecule has 0 radical (unpaired) electrons. The molecule has 1 heterocycles. The van der Waals surface area contributed by atoms with Crippen molar-refractivity contribution in [3.8, 4) is 0 Å². The van der Waals surface area contributed by atoms with Crippen molar-refractivity contribution in [1.29, 1.82) is 0 Å². The minimum absolute atomic E-state index is 0.576. The molecule has 1 aromatic heterocycles. The highest BCUT2D eigenvalue weighted by molar-refractivity contribution is 7.16. The highest BCUT2D eigenvalue weighted by Crippen LogP contribution is 2.25. The largest absolute Gasteiger partial charge is 0.316 e. The standard InChI is InChI=1S/C17H21Cl2NS/c1-2-9-20-12-14(11-16-7-8-17(19)21-16)10-13-3-5-15(18)6-4-13/h3-8,14,20H,2,9-12H2,1H3. The van der Waals surface area contributed by atoms with Crippen LogP contribution in [-0.2, 0) is 12.8 Å². The zero-order chi connectivity index (χ0) is 15.1. The van der Waals surface area contributed by atoms with Gasteiger partial charge in [0, 0.05) is 9.90 Å². The van der Waals surface area contributed by atoms with Crippen molar-refractivity contribution in [3.05, 3.63) is 56.2 Å². The lowest BCUT2D eigenvalue weighted by Gasteiger charge is -2.17. The molecule has 0 bridgehead atoms. The third kappa shape index (κ3) is 5.99. The zero-order valence-corrected chi connectivity index (χ0v) is 14.6. The Morgan fingerprint density at radius 3 is 2.43 bits per heavy atom. The number of benzene rings is 1. The van der Waals surface area contributed by atoms with Crippen molar-refractivity contribution in [1.82, 2.24) is 5.32 Å². The van der Waals surface area contributed by atoms with Crippen LogP contribution in [0.1, 0.15) is 23.8 Å². The van der Waals surface area contributed by atoms with Gasteiger partial charge in [0.05, 0.1) is 4.34 Å². The van der Waals surface area contributed by atoms with Gasteiger partial charge in [-0.25, -0.2) is 0 Å². The molecule has 4 heteroatoms. The lowest BCUT2D eigenvalue weighted by atomic mass is 9.95. The minimum Gasteiger partial charge on any atom is -0.316 e. The summed E-state index contributed by atoms with van der Waals surface area (Å²) in [4.78, 5) is 1.36. The first-order chi connectivity index (χ1) is 10.2. The molecule has 2 rings (SSSR count). The minimum atomic E-state index is 0.576. The summed E-state index contributed by atoms with van der Waals surface area (Å²) in [6, 6.07) is 12.3. The van der Waals surface area contributed by atoms with E-state index in [0.717, 1.165) is 35.3 Å². The van der Waals surface area contributed by atoms with Crippen molar-refractivity contribution in [2.45, 2.75) is 26.2 Å². The molecule has 1 atom stereocenters. The van der Waals surface area contributed by atoms with Crippen molar-refractivity contribution in [2.24, 2.45) is 5.92 Å². The maximum absolute atomic E-state index is 6.04. The van der Waals surface area contributed by atoms with Gasteiger partial charge in [-0.05, 0) is 68.1 Å². The molecule has 21 heavy (non-hydrogen) atoms. The number of nitrogens with one attached hydrogen (secondary N) is 1. The van der Waals surface area contributed by atoms with Gasteiger partial charge in [0.1, 0.15) is 0 Å². The molecular weight excluding hydrogens is 321 g/mol. The van der Waals surface area contributed by atoms with E-state index in [1.165, 1.54) is 16.9 Å². The quantitative estimate of drug-likeness (QED) is 0.629. The maximum Gasteiger partial charge on any atom is 0.0931 e. The summed E-state index contributed by atoms with van der Waals surface area (Å²) in [6.45, 7) is 4.30. The van der Waals surface area contributed by atoms with E-state index in [0.29, 0.717) is 5.92 Å². The Bertz CT molecular complexity index is 536. The molecule has 2 aromatic rings. The van der Waals surface area contributed by atoms with Crippen LogP contribution in [-0.4, -0.2) is 13.1 Å². The first-order valence-corrected chi connectivity index (χ1v) is 8.94. The third-order valence-corrected chi connectivity index (χ3v) is 4.92. The molecule has 0 aliphatic rings. The monoisotopic (exact) mass is 341 g/mol. The molecule has 1 unspecified atom stereocenters. The number of hydrogen-bond acceptors (Lipinski definition) is 2. The Balaban J connectivity index is 1.98. The second kappa shape index (κ2) is 8.79. The van der Waals surface area contributed by atoms with Gasteiger partial charge in [-0.3, -0.25) is 0 Å². The normalized spacial score (nSPS) is 12.5. The summed E-state index contributed by atoms with van der Waals surface area (Å²) in [6.07, 6.45) is 3.29. The van der Waals surface area contributed by atoms with Gasteiger partial charge in [0.2, 0.25) is 0 Å². The van der Waals surface area contributed by atoms with Crippen LogP contribution in [0.3, 0.4) is 0 Å². The summed E-state index contributed by atoms with van der Waals surface area (Å²) < 4.78 is 0.872. The van der Waals surface area contributed by atoms with Crippen molar-refractivity contribution in [3.63, 3.8) is 0 Å². The first-order valence-electron chi connectivity index (χ1n) is 7.36. The average Bonchev–Trinajstić information content (AvgIpc) is 2.87. The van der Waals surface area contributed by atoms with E-state index in [1.807, 2.05) is 18.2 Å². The highest BCUT2D eigenvalue weighted by Gasteiger charge is 2.12. The summed E-state index contributed by atoms with van der Waals surface area (Å²) >= 11 is 13.7. The number of hydrogen-bond donors (Lipinski definition) is 1. The second-order valence-corrected chi connectivity index (χ2v) is 7.55. The average molecular weight is 342 g/mol. The fraction of sp³-hybridized carbons (Fsp3) is 0.412. The Hall–Kier alpha value is -0.540. The van der Waals surface area contributed by atoms with Crippen LogP contribution in [0.25, 0.3) is 0 Å². The molecule has 0 fully saturated rings. The zero-order valence-electron chi connectivity index (χ0n) is 12.2. The molecule has 0 saturated heterocycles. The van der Waals surface area contributed by atoms with Crippen LogP contribution in [0.4, 0.5) is 0 Å². The predicted molar refractivity (Wildman–Crippen MR) is 94.8 cm³/mol. The summed E-state index contributed by atoms with van der Waals surface area (Å²) in [5.41, 5.74) is 1.34. The lowest BCUT2D eigenvalue weighted by molar-refractivity contribution is 0.473. The van der Waals surface area contributed by atoms with Crippen LogP contribution < -0.4 is 5.32 Å². The van der Waals surface area contributed by atoms with Gasteiger partial charge < -0.3 is 5.32 Å². The molecule has 1 N–H and O–H groups in total. The van der Waals surface area contributed by atoms with Gasteiger partial charge in [-0.1, -0.05) is 42.3 Å². The van der Waals surface area contributed by atoms with E-state index >= 15 is 0 Å². The second-order valence-electron chi connectivity index (χ2n) is 5.31. The Labute approximate surface area is 141 Å². The molecule has 1 aromatic carbocycles.